The summed E-state index contributed by atoms with van der Waals surface area (Å²) in [7, 11) is 0. The third-order valence-electron chi connectivity index (χ3n) is 5.77. The SMILES string of the molecule is Cc1cc(N2CC3CN(Cc4cnc5n4CCOC5)CC3C2)ncn1. The molecule has 7 nitrogen and oxygen atoms in total. The van der Waals surface area contributed by atoms with Gasteiger partial charge in [0.2, 0.25) is 0 Å². The lowest BCUT2D eigenvalue weighted by Crippen LogP contribution is -2.30. The Morgan fingerprint density at radius 1 is 1.12 bits per heavy atom. The van der Waals surface area contributed by atoms with Crippen molar-refractivity contribution in [3.8, 4) is 0 Å². The van der Waals surface area contributed by atoms with Crippen LogP contribution in [0, 0.1) is 18.8 Å². The molecule has 5 rings (SSSR count). The van der Waals surface area contributed by atoms with E-state index in [2.05, 4.69) is 35.4 Å². The third kappa shape index (κ3) is 2.81. The Balaban J connectivity index is 1.23. The van der Waals surface area contributed by atoms with Crippen LogP contribution in [0.5, 0.6) is 0 Å². The van der Waals surface area contributed by atoms with E-state index >= 15 is 0 Å². The molecule has 2 fully saturated rings. The van der Waals surface area contributed by atoms with E-state index in [9.17, 15) is 0 Å². The molecule has 2 aromatic heterocycles. The number of imidazole rings is 1. The van der Waals surface area contributed by atoms with Crippen LogP contribution in [0.4, 0.5) is 5.82 Å². The highest BCUT2D eigenvalue weighted by molar-refractivity contribution is 5.40. The maximum atomic E-state index is 5.49. The van der Waals surface area contributed by atoms with Gasteiger partial charge < -0.3 is 14.2 Å². The van der Waals surface area contributed by atoms with E-state index in [1.54, 1.807) is 6.33 Å². The average molecular weight is 340 g/mol. The first kappa shape index (κ1) is 15.3. The zero-order chi connectivity index (χ0) is 16.8. The summed E-state index contributed by atoms with van der Waals surface area (Å²) in [6.45, 7) is 9.98. The first-order valence-corrected chi connectivity index (χ1v) is 9.13. The number of anilines is 1. The summed E-state index contributed by atoms with van der Waals surface area (Å²) in [5, 5.41) is 0. The van der Waals surface area contributed by atoms with Crippen molar-refractivity contribution in [2.24, 2.45) is 11.8 Å². The normalized spacial score (nSPS) is 26.0. The first-order valence-electron chi connectivity index (χ1n) is 9.13. The number of aromatic nitrogens is 4. The van der Waals surface area contributed by atoms with Crippen LogP contribution >= 0.6 is 0 Å². The van der Waals surface area contributed by atoms with Gasteiger partial charge in [-0.05, 0) is 18.8 Å². The van der Waals surface area contributed by atoms with E-state index < -0.39 is 0 Å². The molecule has 0 aliphatic carbocycles. The van der Waals surface area contributed by atoms with Gasteiger partial charge in [-0.25, -0.2) is 15.0 Å². The van der Waals surface area contributed by atoms with Gasteiger partial charge in [-0.2, -0.15) is 0 Å². The molecule has 2 aromatic rings. The quantitative estimate of drug-likeness (QED) is 0.833. The highest BCUT2D eigenvalue weighted by atomic mass is 16.5. The Bertz CT molecular complexity index is 761. The van der Waals surface area contributed by atoms with E-state index in [-0.39, 0.29) is 0 Å². The highest BCUT2D eigenvalue weighted by Gasteiger charge is 2.40. The second-order valence-corrected chi connectivity index (χ2v) is 7.51. The predicted octanol–water partition coefficient (Wildman–Crippen LogP) is 1.08. The molecule has 3 aliphatic rings. The smallest absolute Gasteiger partial charge is 0.135 e. The number of hydrogen-bond donors (Lipinski definition) is 0. The summed E-state index contributed by atoms with van der Waals surface area (Å²) < 4.78 is 7.83. The van der Waals surface area contributed by atoms with Gasteiger partial charge in [0.15, 0.2) is 0 Å². The van der Waals surface area contributed by atoms with Crippen LogP contribution in [0.3, 0.4) is 0 Å². The molecular formula is C18H24N6O. The van der Waals surface area contributed by atoms with Gasteiger partial charge in [0.1, 0.15) is 24.6 Å². The number of aryl methyl sites for hydroxylation is 1. The van der Waals surface area contributed by atoms with Crippen molar-refractivity contribution >= 4 is 5.82 Å². The van der Waals surface area contributed by atoms with Gasteiger partial charge in [0, 0.05) is 57.2 Å². The largest absolute Gasteiger partial charge is 0.372 e. The van der Waals surface area contributed by atoms with Crippen LogP contribution in [0.1, 0.15) is 17.2 Å². The standard InChI is InChI=1S/C18H24N6O/c1-13-4-17(21-12-20-13)23-8-14-6-22(7-15(14)9-23)10-16-5-19-18-11-25-3-2-24(16)18/h4-5,12,14-15H,2-3,6-11H2,1H3. The number of nitrogens with zero attached hydrogens (tertiary/aromatic N) is 6. The van der Waals surface area contributed by atoms with Gasteiger partial charge in [-0.1, -0.05) is 0 Å². The second kappa shape index (κ2) is 6.07. The Labute approximate surface area is 147 Å². The molecule has 132 valence electrons. The minimum atomic E-state index is 0.651. The summed E-state index contributed by atoms with van der Waals surface area (Å²) in [5.74, 6) is 3.63. The lowest BCUT2D eigenvalue weighted by molar-refractivity contribution is 0.0797. The zero-order valence-corrected chi connectivity index (χ0v) is 14.6. The highest BCUT2D eigenvalue weighted by Crippen LogP contribution is 2.34. The van der Waals surface area contributed by atoms with E-state index in [1.165, 1.54) is 18.8 Å². The third-order valence-corrected chi connectivity index (χ3v) is 5.77. The van der Waals surface area contributed by atoms with Crippen LogP contribution in [0.15, 0.2) is 18.6 Å². The summed E-state index contributed by atoms with van der Waals surface area (Å²) in [5.41, 5.74) is 2.37. The lowest BCUT2D eigenvalue weighted by atomic mass is 10.0. The van der Waals surface area contributed by atoms with Crippen LogP contribution in [-0.4, -0.2) is 57.2 Å². The number of likely N-dealkylation sites (tertiary alicyclic amines) is 1. The van der Waals surface area contributed by atoms with Gasteiger partial charge in [-0.3, -0.25) is 4.90 Å². The molecule has 2 unspecified atom stereocenters. The topological polar surface area (TPSA) is 59.3 Å². The molecule has 0 aromatic carbocycles. The molecule has 2 saturated heterocycles. The van der Waals surface area contributed by atoms with Crippen LogP contribution in [-0.2, 0) is 24.4 Å². The summed E-state index contributed by atoms with van der Waals surface area (Å²) in [6, 6.07) is 2.10. The Morgan fingerprint density at radius 2 is 1.96 bits per heavy atom. The molecule has 7 heteroatoms. The van der Waals surface area contributed by atoms with E-state index in [1.807, 2.05) is 13.1 Å². The lowest BCUT2D eigenvalue weighted by Gasteiger charge is -2.23. The predicted molar refractivity (Wildman–Crippen MR) is 93.1 cm³/mol. The Kier molecular flexibility index (Phi) is 3.71. The Hall–Kier alpha value is -1.99. The van der Waals surface area contributed by atoms with Gasteiger partial charge in [-0.15, -0.1) is 0 Å². The number of hydrogen-bond acceptors (Lipinski definition) is 6. The van der Waals surface area contributed by atoms with Crippen LogP contribution in [0.2, 0.25) is 0 Å². The number of rotatable bonds is 3. The van der Waals surface area contributed by atoms with E-state index in [4.69, 9.17) is 4.74 Å². The molecule has 2 atom stereocenters. The number of fused-ring (bicyclic) bond motifs is 2. The van der Waals surface area contributed by atoms with Crippen molar-refractivity contribution in [1.82, 2.24) is 24.4 Å². The van der Waals surface area contributed by atoms with Crippen molar-refractivity contribution < 1.29 is 4.74 Å². The molecule has 5 heterocycles. The fraction of sp³-hybridized carbons (Fsp3) is 0.611. The molecule has 0 bridgehead atoms. The second-order valence-electron chi connectivity index (χ2n) is 7.51. The van der Waals surface area contributed by atoms with Crippen molar-refractivity contribution in [2.75, 3.05) is 37.7 Å². The molecule has 0 N–H and O–H groups in total. The molecule has 0 spiro atoms. The van der Waals surface area contributed by atoms with Crippen molar-refractivity contribution in [3.05, 3.63) is 35.8 Å². The molecular weight excluding hydrogens is 316 g/mol. The molecule has 3 aliphatic heterocycles. The van der Waals surface area contributed by atoms with Crippen LogP contribution < -0.4 is 4.90 Å². The molecule has 25 heavy (non-hydrogen) atoms. The van der Waals surface area contributed by atoms with Gasteiger partial charge in [0.05, 0.1) is 12.3 Å². The van der Waals surface area contributed by atoms with Crippen LogP contribution in [0.25, 0.3) is 0 Å². The van der Waals surface area contributed by atoms with E-state index in [0.717, 1.165) is 62.0 Å². The summed E-state index contributed by atoms with van der Waals surface area (Å²) in [6.07, 6.45) is 3.71. The van der Waals surface area contributed by atoms with Gasteiger partial charge >= 0.3 is 0 Å². The summed E-state index contributed by atoms with van der Waals surface area (Å²) >= 11 is 0. The van der Waals surface area contributed by atoms with E-state index in [0.29, 0.717) is 6.61 Å². The minimum absolute atomic E-state index is 0.651. The maximum Gasteiger partial charge on any atom is 0.135 e. The molecule has 0 saturated carbocycles. The fourth-order valence-electron chi connectivity index (χ4n) is 4.54. The first-order chi connectivity index (χ1) is 12.3. The van der Waals surface area contributed by atoms with Crippen molar-refractivity contribution in [2.45, 2.75) is 26.6 Å². The molecule has 0 radical (unpaired) electrons. The number of ether oxygens (including phenoxy) is 1. The minimum Gasteiger partial charge on any atom is -0.372 e. The zero-order valence-electron chi connectivity index (χ0n) is 14.6. The van der Waals surface area contributed by atoms with Gasteiger partial charge in [0.25, 0.3) is 0 Å². The maximum absolute atomic E-state index is 5.49. The van der Waals surface area contributed by atoms with Crippen molar-refractivity contribution in [3.63, 3.8) is 0 Å². The monoisotopic (exact) mass is 340 g/mol. The fourth-order valence-corrected chi connectivity index (χ4v) is 4.54. The van der Waals surface area contributed by atoms with Crippen molar-refractivity contribution in [1.29, 1.82) is 0 Å². The molecule has 0 amide bonds. The summed E-state index contributed by atoms with van der Waals surface area (Å²) in [4.78, 5) is 18.2. The Morgan fingerprint density at radius 3 is 2.76 bits per heavy atom. The average Bonchev–Trinajstić information content (AvgIpc) is 3.29.